The first-order chi connectivity index (χ1) is 11.6. The Bertz CT molecular complexity index is 748. The number of carbonyl (C=O) groups is 3. The van der Waals surface area contributed by atoms with Gasteiger partial charge in [-0.1, -0.05) is 42.5 Å². The van der Waals surface area contributed by atoms with Gasteiger partial charge in [-0.25, -0.2) is 0 Å². The van der Waals surface area contributed by atoms with E-state index < -0.39 is 5.97 Å². The van der Waals surface area contributed by atoms with Crippen LogP contribution in [0.1, 0.15) is 5.56 Å². The molecule has 1 aromatic rings. The first-order valence-electron chi connectivity index (χ1n) is 8.40. The van der Waals surface area contributed by atoms with Crippen molar-refractivity contribution >= 4 is 17.8 Å². The molecule has 5 aliphatic rings. The van der Waals surface area contributed by atoms with E-state index in [-0.39, 0.29) is 53.2 Å². The van der Waals surface area contributed by atoms with Crippen molar-refractivity contribution in [1.29, 1.82) is 0 Å². The zero-order chi connectivity index (χ0) is 16.6. The van der Waals surface area contributed by atoms with Crippen LogP contribution in [0.15, 0.2) is 42.5 Å². The number of hydrogen-bond donors (Lipinski definition) is 1. The van der Waals surface area contributed by atoms with E-state index >= 15 is 0 Å². The number of likely N-dealkylation sites (tertiary alicyclic amines) is 1. The number of allylic oxidation sites excluding steroid dienone is 2. The molecule has 1 aromatic carbocycles. The largest absolute Gasteiger partial charge is 0.481 e. The molecule has 2 saturated carbocycles. The number of carbonyl (C=O) groups excluding carboxylic acids is 2. The molecular weight excluding hydrogens is 306 g/mol. The molecule has 1 heterocycles. The zero-order valence-corrected chi connectivity index (χ0v) is 12.9. The standard InChI is InChI=1S/C19H17NO4/c21-17-14-10-6-7-11(13-12(10)16(13)19(23)24)15(14)18(22)20(17)8-9-4-2-1-3-5-9/h1-7,10-16H,8H2,(H,23,24)/t10-,11-,12-,13+,14-,15+,16?/m1/s1. The number of nitrogens with zero attached hydrogens (tertiary/aromatic N) is 1. The van der Waals surface area contributed by atoms with Crippen molar-refractivity contribution in [3.63, 3.8) is 0 Å². The first-order valence-corrected chi connectivity index (χ1v) is 8.40. The Morgan fingerprint density at radius 1 is 0.958 bits per heavy atom. The number of aliphatic carboxylic acids is 1. The Balaban J connectivity index is 1.46. The normalized spacial score (nSPS) is 41.3. The van der Waals surface area contributed by atoms with Crippen LogP contribution in [0.5, 0.6) is 0 Å². The van der Waals surface area contributed by atoms with Gasteiger partial charge in [0.2, 0.25) is 11.8 Å². The summed E-state index contributed by atoms with van der Waals surface area (Å²) < 4.78 is 0. The van der Waals surface area contributed by atoms with Crippen molar-refractivity contribution < 1.29 is 19.5 Å². The SMILES string of the molecule is O=C(O)C1[C@@H]2[C@H]3C=C[C@@H]([C@@H]4C(=O)N(Cc5ccccc5)C(=O)[C@H]34)[C@H]12. The van der Waals surface area contributed by atoms with Crippen LogP contribution in [-0.4, -0.2) is 27.8 Å². The predicted octanol–water partition coefficient (Wildman–Crippen LogP) is 1.55. The summed E-state index contributed by atoms with van der Waals surface area (Å²) in [7, 11) is 0. The second kappa shape index (κ2) is 4.56. The molecule has 2 bridgehead atoms. The number of carboxylic acids is 1. The van der Waals surface area contributed by atoms with Gasteiger partial charge in [-0.3, -0.25) is 19.3 Å². The summed E-state index contributed by atoms with van der Waals surface area (Å²) >= 11 is 0. The summed E-state index contributed by atoms with van der Waals surface area (Å²) in [6.45, 7) is 0.308. The fraction of sp³-hybridized carbons (Fsp3) is 0.421. The zero-order valence-electron chi connectivity index (χ0n) is 12.9. The third kappa shape index (κ3) is 1.62. The molecule has 6 rings (SSSR count). The molecule has 1 aliphatic heterocycles. The third-order valence-corrected chi connectivity index (χ3v) is 6.36. The molecule has 5 heteroatoms. The lowest BCUT2D eigenvalue weighted by atomic mass is 9.63. The number of amides is 2. The minimum Gasteiger partial charge on any atom is -0.481 e. The van der Waals surface area contributed by atoms with Crippen molar-refractivity contribution in [2.45, 2.75) is 6.54 Å². The second-order valence-electron chi connectivity index (χ2n) is 7.36. The van der Waals surface area contributed by atoms with Gasteiger partial charge in [-0.2, -0.15) is 0 Å². The second-order valence-corrected chi connectivity index (χ2v) is 7.36. The highest BCUT2D eigenvalue weighted by atomic mass is 16.4. The molecule has 2 amide bonds. The summed E-state index contributed by atoms with van der Waals surface area (Å²) in [6, 6.07) is 9.51. The molecule has 122 valence electrons. The van der Waals surface area contributed by atoms with Gasteiger partial charge in [-0.05, 0) is 29.2 Å². The molecule has 1 saturated heterocycles. The van der Waals surface area contributed by atoms with Crippen molar-refractivity contribution in [3.05, 3.63) is 48.0 Å². The van der Waals surface area contributed by atoms with Gasteiger partial charge >= 0.3 is 5.97 Å². The fourth-order valence-electron chi connectivity index (χ4n) is 5.42. The van der Waals surface area contributed by atoms with Crippen LogP contribution in [0.3, 0.4) is 0 Å². The van der Waals surface area contributed by atoms with E-state index in [1.165, 1.54) is 4.90 Å². The molecule has 0 aromatic heterocycles. The molecule has 1 unspecified atom stereocenters. The van der Waals surface area contributed by atoms with Crippen LogP contribution >= 0.6 is 0 Å². The Morgan fingerprint density at radius 2 is 1.50 bits per heavy atom. The first kappa shape index (κ1) is 14.0. The third-order valence-electron chi connectivity index (χ3n) is 6.36. The maximum Gasteiger partial charge on any atom is 0.307 e. The summed E-state index contributed by atoms with van der Waals surface area (Å²) in [5.41, 5.74) is 0.937. The quantitative estimate of drug-likeness (QED) is 0.676. The Morgan fingerprint density at radius 3 is 2.00 bits per heavy atom. The minimum atomic E-state index is -0.787. The number of hydrogen-bond acceptors (Lipinski definition) is 3. The topological polar surface area (TPSA) is 74.7 Å². The predicted molar refractivity (Wildman–Crippen MR) is 83.2 cm³/mol. The minimum absolute atomic E-state index is 0.0344. The molecule has 7 atom stereocenters. The molecule has 4 aliphatic carbocycles. The van der Waals surface area contributed by atoms with Gasteiger partial charge in [0.15, 0.2) is 0 Å². The lowest BCUT2D eigenvalue weighted by molar-refractivity contribution is -0.142. The maximum absolute atomic E-state index is 12.9. The van der Waals surface area contributed by atoms with Crippen LogP contribution in [-0.2, 0) is 20.9 Å². The van der Waals surface area contributed by atoms with E-state index in [1.807, 2.05) is 42.5 Å². The average Bonchev–Trinajstić information content (AvgIpc) is 3.31. The van der Waals surface area contributed by atoms with Crippen LogP contribution in [0.25, 0.3) is 0 Å². The summed E-state index contributed by atoms with van der Waals surface area (Å²) in [6.07, 6.45) is 3.99. The highest BCUT2D eigenvalue weighted by Crippen LogP contribution is 2.68. The van der Waals surface area contributed by atoms with E-state index in [2.05, 4.69) is 0 Å². The Kier molecular flexibility index (Phi) is 2.65. The molecular formula is C19H17NO4. The van der Waals surface area contributed by atoms with Gasteiger partial charge in [0, 0.05) is 0 Å². The molecule has 5 nitrogen and oxygen atoms in total. The number of imide groups is 1. The monoisotopic (exact) mass is 323 g/mol. The lowest BCUT2D eigenvalue weighted by Gasteiger charge is -2.37. The molecule has 3 fully saturated rings. The van der Waals surface area contributed by atoms with E-state index in [9.17, 15) is 19.5 Å². The molecule has 24 heavy (non-hydrogen) atoms. The summed E-state index contributed by atoms with van der Waals surface area (Å²) in [5.74, 6) is -2.26. The van der Waals surface area contributed by atoms with Crippen molar-refractivity contribution in [2.75, 3.05) is 0 Å². The van der Waals surface area contributed by atoms with Crippen molar-refractivity contribution in [2.24, 2.45) is 41.4 Å². The highest BCUT2D eigenvalue weighted by Gasteiger charge is 2.73. The number of rotatable bonds is 3. The van der Waals surface area contributed by atoms with Crippen molar-refractivity contribution in [1.82, 2.24) is 4.90 Å². The highest BCUT2D eigenvalue weighted by molar-refractivity contribution is 6.06. The molecule has 0 spiro atoms. The van der Waals surface area contributed by atoms with E-state index in [1.54, 1.807) is 0 Å². The summed E-state index contributed by atoms with van der Waals surface area (Å²) in [5, 5.41) is 9.38. The van der Waals surface area contributed by atoms with Gasteiger partial charge in [0.25, 0.3) is 0 Å². The Hall–Kier alpha value is -2.43. The smallest absolute Gasteiger partial charge is 0.307 e. The van der Waals surface area contributed by atoms with Gasteiger partial charge < -0.3 is 5.11 Å². The van der Waals surface area contributed by atoms with E-state index in [0.717, 1.165) is 5.56 Å². The average molecular weight is 323 g/mol. The molecule has 1 N–H and O–H groups in total. The van der Waals surface area contributed by atoms with Crippen molar-refractivity contribution in [3.8, 4) is 0 Å². The van der Waals surface area contributed by atoms with E-state index in [4.69, 9.17) is 0 Å². The Labute approximate surface area is 139 Å². The molecule has 0 radical (unpaired) electrons. The van der Waals surface area contributed by atoms with Crippen LogP contribution in [0, 0.1) is 41.4 Å². The van der Waals surface area contributed by atoms with Gasteiger partial charge in [0.05, 0.1) is 24.3 Å². The maximum atomic E-state index is 12.9. The number of carboxylic acid groups (broad SMARTS) is 1. The summed E-state index contributed by atoms with van der Waals surface area (Å²) in [4.78, 5) is 38.6. The van der Waals surface area contributed by atoms with Crippen LogP contribution in [0.4, 0.5) is 0 Å². The lowest BCUT2D eigenvalue weighted by Crippen LogP contribution is -2.40. The van der Waals surface area contributed by atoms with Gasteiger partial charge in [-0.15, -0.1) is 0 Å². The van der Waals surface area contributed by atoms with E-state index in [0.29, 0.717) is 6.54 Å². The van der Waals surface area contributed by atoms with Crippen LogP contribution < -0.4 is 0 Å². The van der Waals surface area contributed by atoms with Gasteiger partial charge in [0.1, 0.15) is 0 Å². The fourth-order valence-corrected chi connectivity index (χ4v) is 5.42. The van der Waals surface area contributed by atoms with Crippen LogP contribution in [0.2, 0.25) is 0 Å². The number of benzene rings is 1.